The number of hydrogen-bond donors (Lipinski definition) is 1. The van der Waals surface area contributed by atoms with E-state index >= 15 is 0 Å². The van der Waals surface area contributed by atoms with Crippen LogP contribution in [-0.4, -0.2) is 37.1 Å². The molecule has 0 atom stereocenters. The largest absolute Gasteiger partial charge is 0.497 e. The van der Waals surface area contributed by atoms with E-state index in [4.69, 9.17) is 14.2 Å². The summed E-state index contributed by atoms with van der Waals surface area (Å²) in [6.45, 7) is 1.69. The number of ether oxygens (including phenoxy) is 3. The molecule has 0 radical (unpaired) electrons. The van der Waals surface area contributed by atoms with Crippen LogP contribution >= 0.6 is 0 Å². The number of methoxy groups -OCH3 is 1. The fourth-order valence-electron chi connectivity index (χ4n) is 2.27. The number of esters is 1. The van der Waals surface area contributed by atoms with Crippen molar-refractivity contribution in [3.8, 4) is 11.5 Å². The van der Waals surface area contributed by atoms with E-state index < -0.39 is 23.4 Å². The van der Waals surface area contributed by atoms with Gasteiger partial charge < -0.3 is 19.5 Å². The zero-order chi connectivity index (χ0) is 20.5. The van der Waals surface area contributed by atoms with E-state index in [0.717, 1.165) is 11.6 Å². The maximum atomic E-state index is 12.1. The van der Waals surface area contributed by atoms with E-state index in [2.05, 4.69) is 5.32 Å². The van der Waals surface area contributed by atoms with Gasteiger partial charge in [0, 0.05) is 12.6 Å². The molecule has 9 heteroatoms. The highest BCUT2D eigenvalue weighted by molar-refractivity contribution is 5.92. The molecule has 9 nitrogen and oxygen atoms in total. The van der Waals surface area contributed by atoms with E-state index in [1.54, 1.807) is 38.3 Å². The van der Waals surface area contributed by atoms with Gasteiger partial charge >= 0.3 is 11.7 Å². The standard InChI is InChI=1S/C19H20N2O7/c1-3-27-17-9-6-14(10-16(17)21(24)25)19(23)28-12-18(22)20-11-13-4-7-15(26-2)8-5-13/h4-10H,3,11-12H2,1-2H3,(H,20,22). The van der Waals surface area contributed by atoms with Gasteiger partial charge in [0.15, 0.2) is 12.4 Å². The number of benzene rings is 2. The van der Waals surface area contributed by atoms with Gasteiger partial charge in [0.05, 0.1) is 24.2 Å². The topological polar surface area (TPSA) is 117 Å². The molecule has 1 N–H and O–H groups in total. The van der Waals surface area contributed by atoms with Crippen molar-refractivity contribution in [3.63, 3.8) is 0 Å². The van der Waals surface area contributed by atoms with E-state index in [1.165, 1.54) is 12.1 Å². The summed E-state index contributed by atoms with van der Waals surface area (Å²) in [5.41, 5.74) is 0.459. The number of rotatable bonds is 9. The van der Waals surface area contributed by atoms with Gasteiger partial charge in [-0.15, -0.1) is 0 Å². The van der Waals surface area contributed by atoms with Crippen molar-refractivity contribution in [1.29, 1.82) is 0 Å². The van der Waals surface area contributed by atoms with Crippen LogP contribution in [0.3, 0.4) is 0 Å². The van der Waals surface area contributed by atoms with Gasteiger partial charge in [-0.3, -0.25) is 14.9 Å². The van der Waals surface area contributed by atoms with Gasteiger partial charge in [0.25, 0.3) is 5.91 Å². The molecule has 0 fully saturated rings. The number of carbonyl (C=O) groups excluding carboxylic acids is 2. The maximum Gasteiger partial charge on any atom is 0.338 e. The Hall–Kier alpha value is -3.62. The normalized spacial score (nSPS) is 10.1. The zero-order valence-corrected chi connectivity index (χ0v) is 15.5. The highest BCUT2D eigenvalue weighted by Crippen LogP contribution is 2.28. The van der Waals surface area contributed by atoms with Crippen molar-refractivity contribution in [1.82, 2.24) is 5.32 Å². The molecule has 0 unspecified atom stereocenters. The maximum absolute atomic E-state index is 12.1. The number of amides is 1. The molecule has 0 aliphatic heterocycles. The average molecular weight is 388 g/mol. The van der Waals surface area contributed by atoms with Crippen molar-refractivity contribution < 1.29 is 28.7 Å². The van der Waals surface area contributed by atoms with Crippen LogP contribution < -0.4 is 14.8 Å². The number of hydrogen-bond acceptors (Lipinski definition) is 7. The zero-order valence-electron chi connectivity index (χ0n) is 15.5. The Morgan fingerprint density at radius 1 is 1.14 bits per heavy atom. The Balaban J connectivity index is 1.89. The second kappa shape index (κ2) is 9.91. The summed E-state index contributed by atoms with van der Waals surface area (Å²) in [6.07, 6.45) is 0. The minimum atomic E-state index is -0.842. The van der Waals surface area contributed by atoms with Crippen LogP contribution in [-0.2, 0) is 16.1 Å². The van der Waals surface area contributed by atoms with Crippen LogP contribution in [0.4, 0.5) is 5.69 Å². The second-order valence-electron chi connectivity index (χ2n) is 5.57. The van der Waals surface area contributed by atoms with Gasteiger partial charge in [-0.2, -0.15) is 0 Å². The number of carbonyl (C=O) groups is 2. The number of nitrogens with one attached hydrogen (secondary N) is 1. The fraction of sp³-hybridized carbons (Fsp3) is 0.263. The first-order valence-electron chi connectivity index (χ1n) is 8.42. The number of nitro benzene ring substituents is 1. The molecule has 0 aromatic heterocycles. The summed E-state index contributed by atoms with van der Waals surface area (Å²) in [4.78, 5) is 34.4. The molecule has 0 heterocycles. The van der Waals surface area contributed by atoms with E-state index in [-0.39, 0.29) is 30.2 Å². The van der Waals surface area contributed by atoms with Crippen LogP contribution in [0.25, 0.3) is 0 Å². The fourth-order valence-corrected chi connectivity index (χ4v) is 2.27. The Morgan fingerprint density at radius 2 is 1.86 bits per heavy atom. The smallest absolute Gasteiger partial charge is 0.338 e. The minimum Gasteiger partial charge on any atom is -0.497 e. The molecular formula is C19H20N2O7. The molecule has 0 aliphatic carbocycles. The third kappa shape index (κ3) is 5.70. The molecule has 2 aromatic rings. The van der Waals surface area contributed by atoms with Gasteiger partial charge in [0.1, 0.15) is 5.75 Å². The predicted octanol–water partition coefficient (Wildman–Crippen LogP) is 2.48. The third-order valence-electron chi connectivity index (χ3n) is 3.67. The van der Waals surface area contributed by atoms with E-state index in [0.29, 0.717) is 5.75 Å². The summed E-state index contributed by atoms with van der Waals surface area (Å²) < 4.78 is 15.1. The summed E-state index contributed by atoms with van der Waals surface area (Å²) in [5, 5.41) is 13.7. The molecule has 2 rings (SSSR count). The van der Waals surface area contributed by atoms with Crippen molar-refractivity contribution in [3.05, 3.63) is 63.7 Å². The van der Waals surface area contributed by atoms with Crippen LogP contribution in [0.15, 0.2) is 42.5 Å². The molecule has 1 amide bonds. The Morgan fingerprint density at radius 3 is 2.46 bits per heavy atom. The van der Waals surface area contributed by atoms with Gasteiger partial charge in [-0.05, 0) is 36.8 Å². The summed E-state index contributed by atoms with van der Waals surface area (Å²) >= 11 is 0. The summed E-state index contributed by atoms with van der Waals surface area (Å²) in [7, 11) is 1.56. The Labute approximate surface area is 161 Å². The molecule has 28 heavy (non-hydrogen) atoms. The van der Waals surface area contributed by atoms with Crippen LogP contribution in [0.2, 0.25) is 0 Å². The lowest BCUT2D eigenvalue weighted by Gasteiger charge is -2.08. The summed E-state index contributed by atoms with van der Waals surface area (Å²) in [6, 6.07) is 10.8. The molecule has 0 saturated carbocycles. The molecule has 0 aliphatic rings. The minimum absolute atomic E-state index is 0.0434. The monoisotopic (exact) mass is 388 g/mol. The lowest BCUT2D eigenvalue weighted by atomic mass is 10.2. The molecule has 0 saturated heterocycles. The molecule has 148 valence electrons. The average Bonchev–Trinajstić information content (AvgIpc) is 2.71. The second-order valence-corrected chi connectivity index (χ2v) is 5.57. The third-order valence-corrected chi connectivity index (χ3v) is 3.67. The quantitative estimate of drug-likeness (QED) is 0.398. The predicted molar refractivity (Wildman–Crippen MR) is 99.4 cm³/mol. The number of nitro groups is 1. The first-order valence-corrected chi connectivity index (χ1v) is 8.42. The van der Waals surface area contributed by atoms with Crippen LogP contribution in [0, 0.1) is 10.1 Å². The Bertz CT molecular complexity index is 850. The van der Waals surface area contributed by atoms with Crippen LogP contribution in [0.1, 0.15) is 22.8 Å². The Kier molecular flexibility index (Phi) is 7.32. The van der Waals surface area contributed by atoms with Crippen LogP contribution in [0.5, 0.6) is 11.5 Å². The highest BCUT2D eigenvalue weighted by Gasteiger charge is 2.19. The molecule has 2 aromatic carbocycles. The van der Waals surface area contributed by atoms with Gasteiger partial charge in [-0.25, -0.2) is 4.79 Å². The lowest BCUT2D eigenvalue weighted by molar-refractivity contribution is -0.385. The van der Waals surface area contributed by atoms with Crippen molar-refractivity contribution >= 4 is 17.6 Å². The number of nitrogens with zero attached hydrogens (tertiary/aromatic N) is 1. The molecular weight excluding hydrogens is 368 g/mol. The van der Waals surface area contributed by atoms with Gasteiger partial charge in [-0.1, -0.05) is 12.1 Å². The SMILES string of the molecule is CCOc1ccc(C(=O)OCC(=O)NCc2ccc(OC)cc2)cc1[N+](=O)[O-]. The summed E-state index contributed by atoms with van der Waals surface area (Å²) in [5.74, 6) is -0.579. The lowest BCUT2D eigenvalue weighted by Crippen LogP contribution is -2.28. The first kappa shape index (κ1) is 20.7. The van der Waals surface area contributed by atoms with Gasteiger partial charge in [0.2, 0.25) is 0 Å². The molecule has 0 bridgehead atoms. The van der Waals surface area contributed by atoms with E-state index in [1.807, 2.05) is 0 Å². The van der Waals surface area contributed by atoms with Crippen molar-refractivity contribution in [2.75, 3.05) is 20.3 Å². The van der Waals surface area contributed by atoms with Crippen molar-refractivity contribution in [2.45, 2.75) is 13.5 Å². The first-order chi connectivity index (χ1) is 13.4. The van der Waals surface area contributed by atoms with Crippen molar-refractivity contribution in [2.24, 2.45) is 0 Å². The molecule has 0 spiro atoms. The van der Waals surface area contributed by atoms with E-state index in [9.17, 15) is 19.7 Å². The highest BCUT2D eigenvalue weighted by atomic mass is 16.6.